The summed E-state index contributed by atoms with van der Waals surface area (Å²) in [5.41, 5.74) is 0.317. The molecule has 110 valence electrons. The van der Waals surface area contributed by atoms with Gasteiger partial charge >= 0.3 is 0 Å². The number of halogens is 2. The Hall–Kier alpha value is -1.33. The fraction of sp³-hybridized carbons (Fsp3) is 0.462. The summed E-state index contributed by atoms with van der Waals surface area (Å²) < 4.78 is 0. The molecule has 7 heteroatoms. The highest BCUT2D eigenvalue weighted by atomic mass is 35.5. The summed E-state index contributed by atoms with van der Waals surface area (Å²) in [6.45, 7) is 4.90. The molecule has 0 spiro atoms. The van der Waals surface area contributed by atoms with Gasteiger partial charge in [-0.2, -0.15) is 0 Å². The Bertz CT molecular complexity index is 472. The molecule has 2 N–H and O–H groups in total. The quantitative estimate of drug-likeness (QED) is 0.791. The summed E-state index contributed by atoms with van der Waals surface area (Å²) >= 11 is 11.4. The van der Waals surface area contributed by atoms with Crippen LogP contribution in [0.4, 0.5) is 0 Å². The lowest BCUT2D eigenvalue weighted by Crippen LogP contribution is -2.32. The summed E-state index contributed by atoms with van der Waals surface area (Å²) in [5, 5.41) is 5.70. The van der Waals surface area contributed by atoms with E-state index in [0.717, 1.165) is 0 Å². The highest BCUT2D eigenvalue weighted by molar-refractivity contribution is 6.33. The van der Waals surface area contributed by atoms with Gasteiger partial charge in [0.05, 0.1) is 0 Å². The second-order valence-corrected chi connectivity index (χ2v) is 5.48. The minimum absolute atomic E-state index is 0.0928. The molecule has 2 amide bonds. The van der Waals surface area contributed by atoms with Gasteiger partial charge in [-0.05, 0) is 18.1 Å². The number of aromatic nitrogens is 1. The van der Waals surface area contributed by atoms with Crippen LogP contribution >= 0.6 is 23.2 Å². The number of nitrogens with zero attached hydrogens (tertiary/aromatic N) is 1. The summed E-state index contributed by atoms with van der Waals surface area (Å²) in [4.78, 5) is 27.0. The molecular formula is C13H17Cl2N3O2. The van der Waals surface area contributed by atoms with Gasteiger partial charge in [0.15, 0.2) is 0 Å². The number of carbonyl (C=O) groups is 2. The SMILES string of the molecule is CC(C)CNC(=O)CCNC(=O)c1cc(Cl)nc(Cl)c1. The molecule has 0 aromatic carbocycles. The lowest BCUT2D eigenvalue weighted by molar-refractivity contribution is -0.121. The molecule has 1 aromatic heterocycles. The van der Waals surface area contributed by atoms with Crippen LogP contribution in [0.1, 0.15) is 30.6 Å². The fourth-order valence-electron chi connectivity index (χ4n) is 1.39. The van der Waals surface area contributed by atoms with Gasteiger partial charge in [0.2, 0.25) is 5.91 Å². The summed E-state index contributed by atoms with van der Waals surface area (Å²) in [7, 11) is 0. The highest BCUT2D eigenvalue weighted by Gasteiger charge is 2.09. The number of pyridine rings is 1. The number of carbonyl (C=O) groups excluding carboxylic acids is 2. The van der Waals surface area contributed by atoms with E-state index in [0.29, 0.717) is 18.0 Å². The van der Waals surface area contributed by atoms with Crippen molar-refractivity contribution >= 4 is 35.0 Å². The molecule has 0 radical (unpaired) electrons. The molecule has 5 nitrogen and oxygen atoms in total. The van der Waals surface area contributed by atoms with Crippen LogP contribution in [0.5, 0.6) is 0 Å². The van der Waals surface area contributed by atoms with Crippen molar-refractivity contribution in [3.05, 3.63) is 28.0 Å². The fourth-order valence-corrected chi connectivity index (χ4v) is 1.85. The van der Waals surface area contributed by atoms with Crippen LogP contribution in [0.15, 0.2) is 12.1 Å². The molecule has 1 rings (SSSR count). The number of hydrogen-bond acceptors (Lipinski definition) is 3. The van der Waals surface area contributed by atoms with E-state index in [1.165, 1.54) is 12.1 Å². The van der Waals surface area contributed by atoms with E-state index in [2.05, 4.69) is 15.6 Å². The van der Waals surface area contributed by atoms with Crippen LogP contribution in [0, 0.1) is 5.92 Å². The Balaban J connectivity index is 2.38. The van der Waals surface area contributed by atoms with Crippen molar-refractivity contribution < 1.29 is 9.59 Å². The predicted molar refractivity (Wildman–Crippen MR) is 79.1 cm³/mol. The van der Waals surface area contributed by atoms with Gasteiger partial charge in [-0.3, -0.25) is 9.59 Å². The van der Waals surface area contributed by atoms with Crippen molar-refractivity contribution in [2.24, 2.45) is 5.92 Å². The molecule has 0 saturated carbocycles. The molecule has 0 aliphatic rings. The van der Waals surface area contributed by atoms with Crippen molar-refractivity contribution in [2.45, 2.75) is 20.3 Å². The summed E-state index contributed by atoms with van der Waals surface area (Å²) in [6, 6.07) is 2.84. The normalized spacial score (nSPS) is 10.4. The first-order chi connectivity index (χ1) is 9.38. The number of rotatable bonds is 6. The lowest BCUT2D eigenvalue weighted by atomic mass is 10.2. The van der Waals surface area contributed by atoms with E-state index >= 15 is 0 Å². The Morgan fingerprint density at radius 2 is 1.80 bits per heavy atom. The third kappa shape index (κ3) is 6.21. The van der Waals surface area contributed by atoms with Gasteiger partial charge in [-0.15, -0.1) is 0 Å². The number of amides is 2. The molecule has 0 bridgehead atoms. The molecule has 0 aliphatic heterocycles. The molecule has 0 fully saturated rings. The maximum atomic E-state index is 11.8. The molecule has 0 unspecified atom stereocenters. The van der Waals surface area contributed by atoms with Crippen molar-refractivity contribution in [3.63, 3.8) is 0 Å². The zero-order valence-electron chi connectivity index (χ0n) is 11.4. The maximum absolute atomic E-state index is 11.8. The minimum atomic E-state index is -0.340. The first kappa shape index (κ1) is 16.7. The maximum Gasteiger partial charge on any atom is 0.251 e. The van der Waals surface area contributed by atoms with Gasteiger partial charge in [-0.25, -0.2) is 4.98 Å². The van der Waals surface area contributed by atoms with E-state index in [9.17, 15) is 9.59 Å². The predicted octanol–water partition coefficient (Wildman–Crippen LogP) is 2.28. The Kier molecular flexibility index (Phi) is 6.75. The van der Waals surface area contributed by atoms with E-state index in [1.807, 2.05) is 13.8 Å². The van der Waals surface area contributed by atoms with Gasteiger partial charge in [0.1, 0.15) is 10.3 Å². The lowest BCUT2D eigenvalue weighted by Gasteiger charge is -2.08. The largest absolute Gasteiger partial charge is 0.356 e. The summed E-state index contributed by atoms with van der Waals surface area (Å²) in [6.07, 6.45) is 0.227. The monoisotopic (exact) mass is 317 g/mol. The van der Waals surface area contributed by atoms with Gasteiger partial charge in [0, 0.05) is 25.1 Å². The Morgan fingerprint density at radius 1 is 1.20 bits per heavy atom. The Morgan fingerprint density at radius 3 is 2.35 bits per heavy atom. The zero-order valence-corrected chi connectivity index (χ0v) is 12.9. The first-order valence-electron chi connectivity index (χ1n) is 6.26. The van der Waals surface area contributed by atoms with Crippen molar-refractivity contribution in [1.29, 1.82) is 0 Å². The molecular weight excluding hydrogens is 301 g/mol. The van der Waals surface area contributed by atoms with Crippen LogP contribution in [-0.2, 0) is 4.79 Å². The van der Waals surface area contributed by atoms with Crippen LogP contribution < -0.4 is 10.6 Å². The number of nitrogens with one attached hydrogen (secondary N) is 2. The zero-order chi connectivity index (χ0) is 15.1. The van der Waals surface area contributed by atoms with Crippen molar-refractivity contribution in [2.75, 3.05) is 13.1 Å². The average Bonchev–Trinajstić information content (AvgIpc) is 2.35. The molecule has 20 heavy (non-hydrogen) atoms. The van der Waals surface area contributed by atoms with Crippen LogP contribution in [0.2, 0.25) is 10.3 Å². The van der Waals surface area contributed by atoms with Crippen LogP contribution in [0.25, 0.3) is 0 Å². The molecule has 0 saturated heterocycles. The molecule has 1 aromatic rings. The average molecular weight is 318 g/mol. The van der Waals surface area contributed by atoms with Gasteiger partial charge in [-0.1, -0.05) is 37.0 Å². The second kappa shape index (κ2) is 8.07. The van der Waals surface area contributed by atoms with Gasteiger partial charge < -0.3 is 10.6 Å². The second-order valence-electron chi connectivity index (χ2n) is 4.71. The third-order valence-corrected chi connectivity index (χ3v) is 2.76. The minimum Gasteiger partial charge on any atom is -0.356 e. The van der Waals surface area contributed by atoms with E-state index in [1.54, 1.807) is 0 Å². The van der Waals surface area contributed by atoms with Crippen LogP contribution in [0.3, 0.4) is 0 Å². The van der Waals surface area contributed by atoms with E-state index < -0.39 is 0 Å². The highest BCUT2D eigenvalue weighted by Crippen LogP contribution is 2.14. The third-order valence-electron chi connectivity index (χ3n) is 2.37. The standard InChI is InChI=1S/C13H17Cl2N3O2/c1-8(2)7-17-12(19)3-4-16-13(20)9-5-10(14)18-11(15)6-9/h5-6,8H,3-4,7H2,1-2H3,(H,16,20)(H,17,19). The van der Waals surface area contributed by atoms with E-state index in [4.69, 9.17) is 23.2 Å². The smallest absolute Gasteiger partial charge is 0.251 e. The summed E-state index contributed by atoms with van der Waals surface area (Å²) in [5.74, 6) is -0.0349. The Labute approximate surface area is 128 Å². The topological polar surface area (TPSA) is 71.1 Å². The van der Waals surface area contributed by atoms with Crippen molar-refractivity contribution in [3.8, 4) is 0 Å². The van der Waals surface area contributed by atoms with Crippen molar-refractivity contribution in [1.82, 2.24) is 15.6 Å². The van der Waals surface area contributed by atoms with E-state index in [-0.39, 0.29) is 35.1 Å². The molecule has 1 heterocycles. The first-order valence-corrected chi connectivity index (χ1v) is 7.02. The number of hydrogen-bond donors (Lipinski definition) is 2. The van der Waals surface area contributed by atoms with Gasteiger partial charge in [0.25, 0.3) is 5.91 Å². The molecule has 0 atom stereocenters. The molecule has 0 aliphatic carbocycles. The van der Waals surface area contributed by atoms with Crippen LogP contribution in [-0.4, -0.2) is 29.9 Å².